The number of nitrogens with one attached hydrogen (secondary N) is 2. The maximum atomic E-state index is 12.2. The van der Waals surface area contributed by atoms with E-state index in [2.05, 4.69) is 26.0 Å². The second-order valence-corrected chi connectivity index (χ2v) is 8.29. The normalized spacial score (nSPS) is 11.3. The molecule has 0 atom stereocenters. The molecule has 0 aromatic heterocycles. The molecule has 0 aliphatic carbocycles. The predicted molar refractivity (Wildman–Crippen MR) is 98.6 cm³/mol. The van der Waals surface area contributed by atoms with Gasteiger partial charge in [0.05, 0.1) is 11.4 Å². The van der Waals surface area contributed by atoms with Crippen LogP contribution in [0.4, 0.5) is 5.69 Å². The summed E-state index contributed by atoms with van der Waals surface area (Å²) in [5, 5.41) is 2.77. The van der Waals surface area contributed by atoms with E-state index in [0.717, 1.165) is 16.7 Å². The molecule has 0 bridgehead atoms. The van der Waals surface area contributed by atoms with E-state index in [1.807, 2.05) is 32.9 Å². The van der Waals surface area contributed by atoms with Crippen LogP contribution in [0.5, 0.6) is 0 Å². The van der Waals surface area contributed by atoms with E-state index < -0.39 is 15.9 Å². The Morgan fingerprint density at radius 3 is 2.29 bits per heavy atom. The second-order valence-electron chi connectivity index (χ2n) is 5.60. The summed E-state index contributed by atoms with van der Waals surface area (Å²) in [6.45, 7) is 5.46. The quantitative estimate of drug-likeness (QED) is 0.793. The summed E-state index contributed by atoms with van der Waals surface area (Å²) in [6.07, 6.45) is 0. The number of hydrogen-bond donors (Lipinski definition) is 2. The van der Waals surface area contributed by atoms with Gasteiger partial charge in [0.2, 0.25) is 15.9 Å². The smallest absolute Gasteiger partial charge is 0.241 e. The van der Waals surface area contributed by atoms with Crippen LogP contribution in [-0.4, -0.2) is 20.9 Å². The van der Waals surface area contributed by atoms with Crippen LogP contribution in [0.15, 0.2) is 45.8 Å². The van der Waals surface area contributed by atoms with Gasteiger partial charge in [-0.1, -0.05) is 39.7 Å². The molecule has 0 aliphatic rings. The van der Waals surface area contributed by atoms with Gasteiger partial charge in [0.25, 0.3) is 0 Å². The monoisotopic (exact) mass is 410 g/mol. The topological polar surface area (TPSA) is 75.3 Å². The van der Waals surface area contributed by atoms with Crippen LogP contribution in [0, 0.1) is 20.8 Å². The number of aryl methyl sites for hydroxylation is 3. The highest BCUT2D eigenvalue weighted by Gasteiger charge is 2.16. The van der Waals surface area contributed by atoms with Crippen molar-refractivity contribution in [3.05, 3.63) is 57.6 Å². The summed E-state index contributed by atoms with van der Waals surface area (Å²) in [5.41, 5.74) is 3.71. The molecule has 2 aromatic rings. The average molecular weight is 411 g/mol. The Hall–Kier alpha value is -1.70. The lowest BCUT2D eigenvalue weighted by Crippen LogP contribution is -2.33. The van der Waals surface area contributed by atoms with Gasteiger partial charge in [0, 0.05) is 10.2 Å². The summed E-state index contributed by atoms with van der Waals surface area (Å²) in [6, 6.07) is 10.2. The zero-order chi connectivity index (χ0) is 17.9. The lowest BCUT2D eigenvalue weighted by atomic mass is 10.1. The van der Waals surface area contributed by atoms with E-state index in [0.29, 0.717) is 10.2 Å². The van der Waals surface area contributed by atoms with Crippen LogP contribution in [0.1, 0.15) is 16.7 Å². The number of benzene rings is 2. The van der Waals surface area contributed by atoms with Gasteiger partial charge >= 0.3 is 0 Å². The number of amides is 1. The van der Waals surface area contributed by atoms with Crippen LogP contribution in [0.25, 0.3) is 0 Å². The van der Waals surface area contributed by atoms with E-state index in [1.54, 1.807) is 12.1 Å². The molecule has 0 aliphatic heterocycles. The third-order valence-electron chi connectivity index (χ3n) is 3.47. The summed E-state index contributed by atoms with van der Waals surface area (Å²) < 4.78 is 27.4. The van der Waals surface area contributed by atoms with Crippen molar-refractivity contribution < 1.29 is 13.2 Å². The molecule has 128 valence electrons. The van der Waals surface area contributed by atoms with Crippen LogP contribution in [0.2, 0.25) is 0 Å². The van der Waals surface area contributed by atoms with Gasteiger partial charge < -0.3 is 5.32 Å². The van der Waals surface area contributed by atoms with Gasteiger partial charge in [0.15, 0.2) is 0 Å². The Labute approximate surface area is 150 Å². The molecule has 0 saturated carbocycles. The van der Waals surface area contributed by atoms with Crippen molar-refractivity contribution in [3.8, 4) is 0 Å². The van der Waals surface area contributed by atoms with E-state index in [1.165, 1.54) is 12.1 Å². The van der Waals surface area contributed by atoms with E-state index in [4.69, 9.17) is 0 Å². The summed E-state index contributed by atoms with van der Waals surface area (Å²) >= 11 is 3.23. The van der Waals surface area contributed by atoms with Crippen LogP contribution >= 0.6 is 15.9 Å². The molecule has 2 rings (SSSR count). The van der Waals surface area contributed by atoms with Crippen LogP contribution in [0.3, 0.4) is 0 Å². The fraction of sp³-hybridized carbons (Fsp3) is 0.235. The zero-order valence-corrected chi connectivity index (χ0v) is 16.1. The Balaban J connectivity index is 2.06. The molecule has 7 heteroatoms. The molecule has 0 fully saturated rings. The number of carbonyl (C=O) groups is 1. The second kappa shape index (κ2) is 7.46. The highest BCUT2D eigenvalue weighted by Crippen LogP contribution is 2.21. The van der Waals surface area contributed by atoms with Gasteiger partial charge in [0.1, 0.15) is 0 Å². The molecule has 0 radical (unpaired) electrons. The van der Waals surface area contributed by atoms with E-state index in [9.17, 15) is 13.2 Å². The van der Waals surface area contributed by atoms with Crippen molar-refractivity contribution in [2.45, 2.75) is 25.7 Å². The van der Waals surface area contributed by atoms with E-state index in [-0.39, 0.29) is 11.4 Å². The summed E-state index contributed by atoms with van der Waals surface area (Å²) in [7, 11) is -3.74. The molecule has 2 N–H and O–H groups in total. The fourth-order valence-electron chi connectivity index (χ4n) is 2.44. The van der Waals surface area contributed by atoms with Gasteiger partial charge in [-0.05, 0) is 50.1 Å². The third-order valence-corrected chi connectivity index (χ3v) is 5.36. The van der Waals surface area contributed by atoms with Crippen molar-refractivity contribution in [2.75, 3.05) is 11.9 Å². The lowest BCUT2D eigenvalue weighted by molar-refractivity contribution is -0.115. The first-order chi connectivity index (χ1) is 11.2. The largest absolute Gasteiger partial charge is 0.324 e. The number of halogens is 1. The van der Waals surface area contributed by atoms with E-state index >= 15 is 0 Å². The van der Waals surface area contributed by atoms with Crippen molar-refractivity contribution in [3.63, 3.8) is 0 Å². The predicted octanol–water partition coefficient (Wildman–Crippen LogP) is 3.29. The number of anilines is 1. The third kappa shape index (κ3) is 4.66. The van der Waals surface area contributed by atoms with Crippen LogP contribution < -0.4 is 10.0 Å². The van der Waals surface area contributed by atoms with Gasteiger partial charge in [-0.2, -0.15) is 0 Å². The average Bonchev–Trinajstić information content (AvgIpc) is 2.49. The zero-order valence-electron chi connectivity index (χ0n) is 13.7. The Morgan fingerprint density at radius 2 is 1.71 bits per heavy atom. The Bertz CT molecular complexity index is 856. The number of sulfonamides is 1. The van der Waals surface area contributed by atoms with Gasteiger partial charge in [-0.25, -0.2) is 13.1 Å². The molecule has 1 amide bonds. The first-order valence-electron chi connectivity index (χ1n) is 7.32. The molecule has 24 heavy (non-hydrogen) atoms. The van der Waals surface area contributed by atoms with Crippen molar-refractivity contribution in [1.82, 2.24) is 4.72 Å². The first kappa shape index (κ1) is 18.6. The maximum absolute atomic E-state index is 12.2. The number of carbonyl (C=O) groups excluding carboxylic acids is 1. The first-order valence-corrected chi connectivity index (χ1v) is 9.59. The molecule has 2 aromatic carbocycles. The lowest BCUT2D eigenvalue weighted by Gasteiger charge is -2.13. The van der Waals surface area contributed by atoms with Gasteiger partial charge in [-0.3, -0.25) is 4.79 Å². The van der Waals surface area contributed by atoms with Gasteiger partial charge in [-0.15, -0.1) is 0 Å². The SMILES string of the molecule is Cc1cc(C)c(NC(=O)CNS(=O)(=O)c2cccc(Br)c2)c(C)c1. The highest BCUT2D eigenvalue weighted by atomic mass is 79.9. The minimum absolute atomic E-state index is 0.104. The minimum Gasteiger partial charge on any atom is -0.324 e. The molecule has 0 spiro atoms. The molecule has 0 saturated heterocycles. The van der Waals surface area contributed by atoms with Crippen molar-refractivity contribution in [1.29, 1.82) is 0 Å². The Kier molecular flexibility index (Phi) is 5.79. The number of rotatable bonds is 5. The molecular formula is C17H19BrN2O3S. The summed E-state index contributed by atoms with van der Waals surface area (Å²) in [5.74, 6) is -0.413. The molecule has 0 unspecified atom stereocenters. The molecular weight excluding hydrogens is 392 g/mol. The minimum atomic E-state index is -3.74. The fourth-order valence-corrected chi connectivity index (χ4v) is 4.02. The number of hydrogen-bond acceptors (Lipinski definition) is 3. The van der Waals surface area contributed by atoms with Crippen molar-refractivity contribution in [2.24, 2.45) is 0 Å². The summed E-state index contributed by atoms with van der Waals surface area (Å²) in [4.78, 5) is 12.2. The molecule has 0 heterocycles. The van der Waals surface area contributed by atoms with Crippen molar-refractivity contribution >= 4 is 37.5 Å². The standard InChI is InChI=1S/C17H19BrN2O3S/c1-11-7-12(2)17(13(3)8-11)20-16(21)10-19-24(22,23)15-6-4-5-14(18)9-15/h4-9,19H,10H2,1-3H3,(H,20,21). The molecule has 5 nitrogen and oxygen atoms in total. The van der Waals surface area contributed by atoms with Crippen LogP contribution in [-0.2, 0) is 14.8 Å². The Morgan fingerprint density at radius 1 is 1.08 bits per heavy atom. The maximum Gasteiger partial charge on any atom is 0.241 e. The highest BCUT2D eigenvalue weighted by molar-refractivity contribution is 9.10.